The highest BCUT2D eigenvalue weighted by atomic mass is 79.9. The Hall–Kier alpha value is -3.39. The molecular formula is C31H22BrCl2FN2O3. The molecular weight excluding hydrogens is 618 g/mol. The minimum atomic E-state index is -1.24. The first-order valence-corrected chi connectivity index (χ1v) is 14.1. The number of carbonyl (C=O) groups is 2. The highest BCUT2D eigenvalue weighted by Crippen LogP contribution is 2.58. The molecule has 2 N–H and O–H groups in total. The number of ether oxygens (including phenoxy) is 1. The Labute approximate surface area is 248 Å². The number of anilines is 1. The molecule has 9 heteroatoms. The minimum absolute atomic E-state index is 0.0755. The van der Waals surface area contributed by atoms with Gasteiger partial charge in [0, 0.05) is 38.1 Å². The molecule has 0 unspecified atom stereocenters. The van der Waals surface area contributed by atoms with E-state index in [0.717, 1.165) is 21.2 Å². The molecule has 5 nitrogen and oxygen atoms in total. The van der Waals surface area contributed by atoms with Crippen LogP contribution in [-0.4, -0.2) is 11.8 Å². The van der Waals surface area contributed by atoms with Crippen molar-refractivity contribution < 1.29 is 18.7 Å². The van der Waals surface area contributed by atoms with Gasteiger partial charge in [0.25, 0.3) is 0 Å². The Bertz CT molecular complexity index is 1650. The van der Waals surface area contributed by atoms with E-state index in [1.54, 1.807) is 42.5 Å². The van der Waals surface area contributed by atoms with Crippen molar-refractivity contribution in [2.45, 2.75) is 30.4 Å². The monoisotopic (exact) mass is 638 g/mol. The summed E-state index contributed by atoms with van der Waals surface area (Å²) < 4.78 is 20.4. The van der Waals surface area contributed by atoms with Gasteiger partial charge in [-0.2, -0.15) is 0 Å². The summed E-state index contributed by atoms with van der Waals surface area (Å²) in [7, 11) is 0. The quantitative estimate of drug-likeness (QED) is 0.235. The Kier molecular flexibility index (Phi) is 7.07. The zero-order valence-electron chi connectivity index (χ0n) is 20.9. The lowest BCUT2D eigenvalue weighted by Gasteiger charge is -2.46. The number of hydrogen-bond donors (Lipinski definition) is 2. The summed E-state index contributed by atoms with van der Waals surface area (Å²) in [6.07, 6.45) is 0.0755. The molecule has 6 rings (SSSR count). The van der Waals surface area contributed by atoms with Crippen molar-refractivity contribution in [3.63, 3.8) is 0 Å². The van der Waals surface area contributed by atoms with Crippen molar-refractivity contribution in [1.82, 2.24) is 5.32 Å². The molecule has 1 saturated heterocycles. The highest BCUT2D eigenvalue weighted by Gasteiger charge is 2.61. The molecule has 0 aromatic heterocycles. The number of benzene rings is 4. The largest absolute Gasteiger partial charge is 0.489 e. The minimum Gasteiger partial charge on any atom is -0.489 e. The Morgan fingerprint density at radius 2 is 1.73 bits per heavy atom. The number of carbonyl (C=O) groups excluding carboxylic acids is 2. The second-order valence-electron chi connectivity index (χ2n) is 9.92. The number of nitrogens with one attached hydrogen (secondary N) is 2. The van der Waals surface area contributed by atoms with Crippen molar-refractivity contribution in [2.75, 3.05) is 5.32 Å². The van der Waals surface area contributed by atoms with E-state index in [9.17, 15) is 14.0 Å². The van der Waals surface area contributed by atoms with Gasteiger partial charge in [-0.15, -0.1) is 0 Å². The van der Waals surface area contributed by atoms with Crippen LogP contribution in [0, 0.1) is 5.82 Å². The second-order valence-corrected chi connectivity index (χ2v) is 11.7. The summed E-state index contributed by atoms with van der Waals surface area (Å²) in [6, 6.07) is 23.3. The number of halogens is 4. The number of rotatable bonds is 5. The van der Waals surface area contributed by atoms with Gasteiger partial charge in [0.2, 0.25) is 11.8 Å². The number of fused-ring (bicyclic) bond motifs is 2. The number of hydrogen-bond acceptors (Lipinski definition) is 3. The van der Waals surface area contributed by atoms with Gasteiger partial charge >= 0.3 is 0 Å². The van der Waals surface area contributed by atoms with Crippen LogP contribution in [0.25, 0.3) is 0 Å². The summed E-state index contributed by atoms with van der Waals surface area (Å²) in [5.74, 6) is -0.863. The maximum absolute atomic E-state index is 14.3. The van der Waals surface area contributed by atoms with Crippen molar-refractivity contribution in [3.8, 4) is 5.75 Å². The van der Waals surface area contributed by atoms with E-state index in [2.05, 4.69) is 26.6 Å². The topological polar surface area (TPSA) is 67.4 Å². The van der Waals surface area contributed by atoms with E-state index in [0.29, 0.717) is 27.0 Å². The van der Waals surface area contributed by atoms with Gasteiger partial charge in [0.1, 0.15) is 23.6 Å². The third kappa shape index (κ3) is 4.66. The van der Waals surface area contributed by atoms with Gasteiger partial charge in [-0.25, -0.2) is 4.39 Å². The van der Waals surface area contributed by atoms with E-state index in [4.69, 9.17) is 27.9 Å². The Balaban J connectivity index is 1.54. The Morgan fingerprint density at radius 3 is 2.50 bits per heavy atom. The first-order valence-electron chi connectivity index (χ1n) is 12.6. The molecule has 202 valence electrons. The van der Waals surface area contributed by atoms with E-state index in [-0.39, 0.29) is 30.7 Å². The van der Waals surface area contributed by atoms with Crippen molar-refractivity contribution in [3.05, 3.63) is 128 Å². The SMILES string of the molecule is O=C1C[C@@H](c2cccc(Cl)c2)[C@]2(C(=O)Nc3cc(Cl)ccc32)[C@@H](c2cc(Br)ccc2OCc2ccc(F)cc2)N1. The van der Waals surface area contributed by atoms with E-state index in [1.807, 2.05) is 30.3 Å². The average molecular weight is 640 g/mol. The summed E-state index contributed by atoms with van der Waals surface area (Å²) >= 11 is 16.3. The summed E-state index contributed by atoms with van der Waals surface area (Å²) in [5, 5.41) is 7.15. The highest BCUT2D eigenvalue weighted by molar-refractivity contribution is 9.10. The predicted molar refractivity (Wildman–Crippen MR) is 156 cm³/mol. The van der Waals surface area contributed by atoms with Gasteiger partial charge < -0.3 is 15.4 Å². The van der Waals surface area contributed by atoms with Gasteiger partial charge in [-0.3, -0.25) is 9.59 Å². The molecule has 1 fully saturated rings. The fraction of sp³-hybridized carbons (Fsp3) is 0.161. The number of piperidine rings is 1. The smallest absolute Gasteiger partial charge is 0.238 e. The van der Waals surface area contributed by atoms with Gasteiger partial charge in [-0.05, 0) is 71.3 Å². The molecule has 1 spiro atoms. The van der Waals surface area contributed by atoms with Crippen LogP contribution in [0.1, 0.15) is 40.6 Å². The molecule has 2 aliphatic rings. The number of amides is 2. The summed E-state index contributed by atoms with van der Waals surface area (Å²) in [4.78, 5) is 27.6. The average Bonchev–Trinajstić information content (AvgIpc) is 3.21. The van der Waals surface area contributed by atoms with E-state index >= 15 is 0 Å². The molecule has 2 amide bonds. The van der Waals surface area contributed by atoms with E-state index in [1.165, 1.54) is 12.1 Å². The first kappa shape index (κ1) is 26.8. The maximum Gasteiger partial charge on any atom is 0.238 e. The third-order valence-electron chi connectivity index (χ3n) is 7.59. The molecule has 2 heterocycles. The van der Waals surface area contributed by atoms with Gasteiger partial charge in [0.05, 0.1) is 6.04 Å². The fourth-order valence-electron chi connectivity index (χ4n) is 5.89. The molecule has 0 bridgehead atoms. The van der Waals surface area contributed by atoms with Crippen LogP contribution in [-0.2, 0) is 21.6 Å². The predicted octanol–water partition coefficient (Wildman–Crippen LogP) is 7.71. The maximum atomic E-state index is 14.3. The molecule has 3 atom stereocenters. The van der Waals surface area contributed by atoms with Crippen molar-refractivity contribution in [2.24, 2.45) is 0 Å². The van der Waals surface area contributed by atoms with Crippen LogP contribution in [0.5, 0.6) is 5.75 Å². The van der Waals surface area contributed by atoms with Crippen LogP contribution in [0.3, 0.4) is 0 Å². The van der Waals surface area contributed by atoms with Crippen LogP contribution >= 0.6 is 39.1 Å². The molecule has 0 saturated carbocycles. The first-order chi connectivity index (χ1) is 19.3. The fourth-order valence-corrected chi connectivity index (χ4v) is 6.64. The molecule has 2 aliphatic heterocycles. The van der Waals surface area contributed by atoms with Gasteiger partial charge in [-0.1, -0.05) is 69.5 Å². The third-order valence-corrected chi connectivity index (χ3v) is 8.56. The molecule has 40 heavy (non-hydrogen) atoms. The lowest BCUT2D eigenvalue weighted by Crippen LogP contribution is -2.56. The summed E-state index contributed by atoms with van der Waals surface area (Å²) in [6.45, 7) is 0.165. The zero-order valence-corrected chi connectivity index (χ0v) is 24.0. The lowest BCUT2D eigenvalue weighted by atomic mass is 9.59. The molecule has 0 radical (unpaired) electrons. The zero-order chi connectivity index (χ0) is 28.0. The van der Waals surface area contributed by atoms with E-state index < -0.39 is 17.4 Å². The molecule has 4 aromatic rings. The van der Waals surface area contributed by atoms with Crippen molar-refractivity contribution in [1.29, 1.82) is 0 Å². The molecule has 0 aliphatic carbocycles. The van der Waals surface area contributed by atoms with Crippen LogP contribution in [0.15, 0.2) is 89.4 Å². The van der Waals surface area contributed by atoms with Crippen LogP contribution < -0.4 is 15.4 Å². The summed E-state index contributed by atoms with van der Waals surface area (Å²) in [5.41, 5.74) is 2.24. The normalized spacial score (nSPS) is 21.6. The van der Waals surface area contributed by atoms with Gasteiger partial charge in [0.15, 0.2) is 0 Å². The van der Waals surface area contributed by atoms with Crippen LogP contribution in [0.2, 0.25) is 10.0 Å². The Morgan fingerprint density at radius 1 is 0.950 bits per heavy atom. The lowest BCUT2D eigenvalue weighted by molar-refractivity contribution is -0.131. The molecule has 4 aromatic carbocycles. The standard InChI is InChI=1S/C31H22BrCl2FN2O3/c32-19-6-11-27(40-16-17-4-8-22(35)9-5-17)23(13-19)29-31(24-10-7-21(34)14-26(24)36-30(31)39)25(15-28(38)37-29)18-2-1-3-20(33)12-18/h1-14,25,29H,15-16H2,(H,36,39)(H,37,38)/t25-,29+,31-/m0/s1. The van der Waals surface area contributed by atoms with Crippen LogP contribution in [0.4, 0.5) is 10.1 Å². The second kappa shape index (κ2) is 10.5. The van der Waals surface area contributed by atoms with Crippen molar-refractivity contribution >= 4 is 56.6 Å².